The van der Waals surface area contributed by atoms with Gasteiger partial charge in [0, 0.05) is 17.8 Å². The van der Waals surface area contributed by atoms with Gasteiger partial charge in [-0.15, -0.1) is 0 Å². The molecular formula is C13H13N3O3. The number of hydrogen-bond acceptors (Lipinski definition) is 3. The maximum atomic E-state index is 11.9. The van der Waals surface area contributed by atoms with Gasteiger partial charge in [-0.05, 0) is 30.5 Å². The van der Waals surface area contributed by atoms with Crippen molar-refractivity contribution in [2.45, 2.75) is 24.8 Å². The molecule has 2 aromatic rings. The van der Waals surface area contributed by atoms with Crippen LogP contribution in [0.4, 0.5) is 0 Å². The van der Waals surface area contributed by atoms with Crippen LogP contribution < -0.4 is 5.32 Å². The quantitative estimate of drug-likeness (QED) is 0.758. The molecule has 1 aliphatic rings. The molecule has 0 saturated heterocycles. The fourth-order valence-electron chi connectivity index (χ4n) is 2.16. The number of rotatable bonds is 4. The van der Waals surface area contributed by atoms with Crippen LogP contribution in [0.5, 0.6) is 0 Å². The summed E-state index contributed by atoms with van der Waals surface area (Å²) in [5, 5.41) is 12.5. The minimum atomic E-state index is -1.03. The molecule has 1 aliphatic carbocycles. The normalized spacial score (nSPS) is 16.2. The Morgan fingerprint density at radius 1 is 1.47 bits per heavy atom. The van der Waals surface area contributed by atoms with E-state index in [1.54, 1.807) is 18.5 Å². The fraction of sp³-hybridized carbons (Fsp3) is 0.308. The van der Waals surface area contributed by atoms with Crippen molar-refractivity contribution in [2.24, 2.45) is 0 Å². The van der Waals surface area contributed by atoms with Crippen molar-refractivity contribution in [3.05, 3.63) is 30.1 Å². The lowest BCUT2D eigenvalue weighted by atomic mass is 10.1. The lowest BCUT2D eigenvalue weighted by Crippen LogP contribution is -2.43. The van der Waals surface area contributed by atoms with E-state index in [9.17, 15) is 9.59 Å². The summed E-state index contributed by atoms with van der Waals surface area (Å²) in [6, 6.07) is 3.68. The van der Waals surface area contributed by atoms with Gasteiger partial charge < -0.3 is 15.4 Å². The van der Waals surface area contributed by atoms with E-state index in [1.165, 1.54) is 0 Å². The summed E-state index contributed by atoms with van der Waals surface area (Å²) in [4.78, 5) is 30.0. The van der Waals surface area contributed by atoms with Gasteiger partial charge in [0.25, 0.3) is 0 Å². The van der Waals surface area contributed by atoms with Crippen LogP contribution in [0.2, 0.25) is 0 Å². The first-order valence-corrected chi connectivity index (χ1v) is 6.06. The first-order valence-electron chi connectivity index (χ1n) is 6.06. The number of carboxylic acid groups (broad SMARTS) is 1. The topological polar surface area (TPSA) is 95.1 Å². The summed E-state index contributed by atoms with van der Waals surface area (Å²) in [7, 11) is 0. The van der Waals surface area contributed by atoms with E-state index in [-0.39, 0.29) is 12.3 Å². The molecule has 0 radical (unpaired) electrons. The molecule has 2 aromatic heterocycles. The molecule has 1 amide bonds. The summed E-state index contributed by atoms with van der Waals surface area (Å²) < 4.78 is 0. The molecular weight excluding hydrogens is 246 g/mol. The van der Waals surface area contributed by atoms with Gasteiger partial charge in [-0.1, -0.05) is 0 Å². The second-order valence-corrected chi connectivity index (χ2v) is 4.83. The lowest BCUT2D eigenvalue weighted by Gasteiger charge is -2.11. The van der Waals surface area contributed by atoms with Crippen LogP contribution in [0, 0.1) is 0 Å². The smallest absolute Gasteiger partial charge is 0.329 e. The maximum absolute atomic E-state index is 11.9. The van der Waals surface area contributed by atoms with Crippen molar-refractivity contribution >= 4 is 22.9 Å². The van der Waals surface area contributed by atoms with Gasteiger partial charge in [0.15, 0.2) is 0 Å². The molecule has 0 unspecified atom stereocenters. The van der Waals surface area contributed by atoms with Crippen LogP contribution in [0.3, 0.4) is 0 Å². The molecule has 1 saturated carbocycles. The van der Waals surface area contributed by atoms with Crippen LogP contribution in [0.25, 0.3) is 11.0 Å². The van der Waals surface area contributed by atoms with E-state index in [4.69, 9.17) is 5.11 Å². The molecule has 19 heavy (non-hydrogen) atoms. The minimum Gasteiger partial charge on any atom is -0.480 e. The Morgan fingerprint density at radius 3 is 2.95 bits per heavy atom. The van der Waals surface area contributed by atoms with E-state index >= 15 is 0 Å². The number of H-pyrrole nitrogens is 1. The van der Waals surface area contributed by atoms with Gasteiger partial charge in [0.2, 0.25) is 5.91 Å². The zero-order valence-corrected chi connectivity index (χ0v) is 10.1. The second kappa shape index (κ2) is 4.08. The SMILES string of the molecule is O=C(Cc1c[nH]c2ncccc12)NC1(C(=O)O)CC1. The number of carbonyl (C=O) groups is 2. The minimum absolute atomic E-state index is 0.153. The van der Waals surface area contributed by atoms with Gasteiger partial charge >= 0.3 is 5.97 Å². The van der Waals surface area contributed by atoms with Crippen molar-refractivity contribution in [1.29, 1.82) is 0 Å². The first kappa shape index (κ1) is 11.7. The molecule has 0 bridgehead atoms. The van der Waals surface area contributed by atoms with Gasteiger partial charge in [0.05, 0.1) is 6.42 Å². The van der Waals surface area contributed by atoms with E-state index in [0.717, 1.165) is 16.6 Å². The number of carbonyl (C=O) groups excluding carboxylic acids is 1. The number of nitrogens with one attached hydrogen (secondary N) is 2. The predicted octanol–water partition coefficient (Wildman–Crippen LogP) is 0.839. The molecule has 98 valence electrons. The van der Waals surface area contributed by atoms with Gasteiger partial charge in [-0.3, -0.25) is 4.79 Å². The van der Waals surface area contributed by atoms with Gasteiger partial charge in [-0.2, -0.15) is 0 Å². The van der Waals surface area contributed by atoms with Crippen molar-refractivity contribution in [1.82, 2.24) is 15.3 Å². The zero-order chi connectivity index (χ0) is 13.5. The summed E-state index contributed by atoms with van der Waals surface area (Å²) in [5.74, 6) is -1.23. The third-order valence-electron chi connectivity index (χ3n) is 3.43. The van der Waals surface area contributed by atoms with Crippen LogP contribution in [-0.2, 0) is 16.0 Å². The zero-order valence-electron chi connectivity index (χ0n) is 10.1. The number of amides is 1. The van der Waals surface area contributed by atoms with E-state index in [2.05, 4.69) is 15.3 Å². The monoisotopic (exact) mass is 259 g/mol. The highest BCUT2D eigenvalue weighted by Gasteiger charge is 2.51. The number of nitrogens with zero attached hydrogens (tertiary/aromatic N) is 1. The van der Waals surface area contributed by atoms with Crippen LogP contribution in [0.15, 0.2) is 24.5 Å². The Kier molecular flexibility index (Phi) is 2.51. The maximum Gasteiger partial charge on any atom is 0.329 e. The highest BCUT2D eigenvalue weighted by atomic mass is 16.4. The van der Waals surface area contributed by atoms with Crippen molar-refractivity contribution < 1.29 is 14.7 Å². The molecule has 6 nitrogen and oxygen atoms in total. The third kappa shape index (κ3) is 2.05. The highest BCUT2D eigenvalue weighted by molar-refractivity contribution is 5.92. The number of aromatic nitrogens is 2. The van der Waals surface area contributed by atoms with Crippen LogP contribution in [0.1, 0.15) is 18.4 Å². The molecule has 0 aromatic carbocycles. The molecule has 0 aliphatic heterocycles. The van der Waals surface area contributed by atoms with E-state index in [0.29, 0.717) is 12.8 Å². The standard InChI is InChI=1S/C13H13N3O3/c17-10(16-13(3-4-13)12(18)19)6-8-7-15-11-9(8)2-1-5-14-11/h1-2,5,7H,3-4,6H2,(H,14,15)(H,16,17)(H,18,19). The molecule has 0 atom stereocenters. The fourth-order valence-corrected chi connectivity index (χ4v) is 2.16. The Hall–Kier alpha value is -2.37. The third-order valence-corrected chi connectivity index (χ3v) is 3.43. The number of carboxylic acids is 1. The second-order valence-electron chi connectivity index (χ2n) is 4.83. The number of aliphatic carboxylic acids is 1. The van der Waals surface area contributed by atoms with Crippen LogP contribution in [-0.4, -0.2) is 32.5 Å². The number of hydrogen-bond donors (Lipinski definition) is 3. The number of fused-ring (bicyclic) bond motifs is 1. The largest absolute Gasteiger partial charge is 0.480 e. The lowest BCUT2D eigenvalue weighted by molar-refractivity contribution is -0.143. The molecule has 3 N–H and O–H groups in total. The predicted molar refractivity (Wildman–Crippen MR) is 67.5 cm³/mol. The number of aromatic amines is 1. The molecule has 2 heterocycles. The summed E-state index contributed by atoms with van der Waals surface area (Å²) >= 11 is 0. The first-order chi connectivity index (χ1) is 9.11. The Bertz CT molecular complexity index is 658. The molecule has 3 rings (SSSR count). The average molecular weight is 259 g/mol. The molecule has 1 fully saturated rings. The van der Waals surface area contributed by atoms with E-state index < -0.39 is 11.5 Å². The van der Waals surface area contributed by atoms with Crippen molar-refractivity contribution in [3.8, 4) is 0 Å². The van der Waals surface area contributed by atoms with Gasteiger partial charge in [0.1, 0.15) is 11.2 Å². The van der Waals surface area contributed by atoms with Crippen molar-refractivity contribution in [3.63, 3.8) is 0 Å². The number of pyridine rings is 1. The Labute approximate surface area is 108 Å². The van der Waals surface area contributed by atoms with E-state index in [1.807, 2.05) is 6.07 Å². The van der Waals surface area contributed by atoms with Crippen LogP contribution >= 0.6 is 0 Å². The molecule has 6 heteroatoms. The highest BCUT2D eigenvalue weighted by Crippen LogP contribution is 2.35. The van der Waals surface area contributed by atoms with Crippen molar-refractivity contribution in [2.75, 3.05) is 0 Å². The summed E-state index contributed by atoms with van der Waals surface area (Å²) in [6.07, 6.45) is 4.57. The Morgan fingerprint density at radius 2 is 2.26 bits per heavy atom. The van der Waals surface area contributed by atoms with Gasteiger partial charge in [-0.25, -0.2) is 9.78 Å². The Balaban J connectivity index is 1.75. The average Bonchev–Trinajstić information content (AvgIpc) is 3.06. The molecule has 0 spiro atoms. The summed E-state index contributed by atoms with van der Waals surface area (Å²) in [6.45, 7) is 0. The summed E-state index contributed by atoms with van der Waals surface area (Å²) in [5.41, 5.74) is 0.521.